The number of nitrogens with one attached hydrogen (secondary N) is 2. The molecule has 7 heteroatoms. The Balaban J connectivity index is 1.37. The van der Waals surface area contributed by atoms with Crippen LogP contribution in [-0.2, 0) is 6.54 Å². The average molecular weight is 379 g/mol. The van der Waals surface area contributed by atoms with Crippen molar-refractivity contribution in [2.24, 2.45) is 0 Å². The van der Waals surface area contributed by atoms with Crippen LogP contribution in [0, 0.1) is 0 Å². The quantitative estimate of drug-likeness (QED) is 0.697. The number of para-hydroxylation sites is 1. The van der Waals surface area contributed by atoms with Crippen molar-refractivity contribution in [3.63, 3.8) is 0 Å². The highest BCUT2D eigenvalue weighted by atomic mass is 32.1. The summed E-state index contributed by atoms with van der Waals surface area (Å²) in [4.78, 5) is 23.1. The van der Waals surface area contributed by atoms with Gasteiger partial charge in [0, 0.05) is 36.6 Å². The smallest absolute Gasteiger partial charge is 0.321 e. The molecule has 1 aliphatic rings. The third kappa shape index (κ3) is 4.25. The molecule has 138 valence electrons. The molecule has 0 bridgehead atoms. The van der Waals surface area contributed by atoms with Gasteiger partial charge < -0.3 is 10.2 Å². The third-order valence-electron chi connectivity index (χ3n) is 4.63. The summed E-state index contributed by atoms with van der Waals surface area (Å²) in [7, 11) is 0. The molecule has 1 atom stereocenters. The SMILES string of the molecule is O=C(NCc1ccncc1)Nc1nc(C2CCCN2c2ccccc2)cs1. The van der Waals surface area contributed by atoms with Crippen molar-refractivity contribution in [2.45, 2.75) is 25.4 Å². The second-order valence-corrected chi connectivity index (χ2v) is 7.29. The minimum atomic E-state index is -0.251. The molecule has 0 saturated carbocycles. The fraction of sp³-hybridized carbons (Fsp3) is 0.250. The zero-order valence-electron chi connectivity index (χ0n) is 14.8. The Labute approximate surface area is 162 Å². The molecule has 1 saturated heterocycles. The van der Waals surface area contributed by atoms with Gasteiger partial charge in [-0.15, -0.1) is 11.3 Å². The number of carbonyl (C=O) groups excluding carboxylic acids is 1. The zero-order valence-corrected chi connectivity index (χ0v) is 15.7. The van der Waals surface area contributed by atoms with Gasteiger partial charge in [-0.2, -0.15) is 0 Å². The summed E-state index contributed by atoms with van der Waals surface area (Å²) < 4.78 is 0. The Hall–Kier alpha value is -2.93. The Morgan fingerprint density at radius 1 is 1.19 bits per heavy atom. The number of amides is 2. The number of nitrogens with zero attached hydrogens (tertiary/aromatic N) is 3. The molecule has 27 heavy (non-hydrogen) atoms. The van der Waals surface area contributed by atoms with Crippen molar-refractivity contribution in [3.8, 4) is 0 Å². The fourth-order valence-electron chi connectivity index (χ4n) is 3.32. The first-order chi connectivity index (χ1) is 13.3. The molecule has 6 nitrogen and oxygen atoms in total. The van der Waals surface area contributed by atoms with Crippen LogP contribution < -0.4 is 15.5 Å². The summed E-state index contributed by atoms with van der Waals surface area (Å²) in [5.74, 6) is 0. The number of thiazole rings is 1. The maximum Gasteiger partial charge on any atom is 0.321 e. The van der Waals surface area contributed by atoms with Crippen LogP contribution in [0.2, 0.25) is 0 Å². The van der Waals surface area contributed by atoms with E-state index in [4.69, 9.17) is 0 Å². The number of anilines is 2. The molecule has 1 aliphatic heterocycles. The summed E-state index contributed by atoms with van der Waals surface area (Å²) in [6.07, 6.45) is 5.64. The van der Waals surface area contributed by atoms with E-state index in [9.17, 15) is 4.79 Å². The molecule has 1 fully saturated rings. The van der Waals surface area contributed by atoms with Crippen molar-refractivity contribution >= 4 is 28.2 Å². The zero-order chi connectivity index (χ0) is 18.5. The largest absolute Gasteiger partial charge is 0.363 e. The molecule has 4 rings (SSSR count). The van der Waals surface area contributed by atoms with E-state index in [1.54, 1.807) is 12.4 Å². The van der Waals surface area contributed by atoms with Gasteiger partial charge in [-0.1, -0.05) is 18.2 Å². The lowest BCUT2D eigenvalue weighted by Gasteiger charge is -2.25. The predicted molar refractivity (Wildman–Crippen MR) is 108 cm³/mol. The molecular weight excluding hydrogens is 358 g/mol. The number of pyridine rings is 1. The Morgan fingerprint density at radius 3 is 2.81 bits per heavy atom. The highest BCUT2D eigenvalue weighted by molar-refractivity contribution is 7.13. The Morgan fingerprint density at radius 2 is 2.00 bits per heavy atom. The van der Waals surface area contributed by atoms with Crippen molar-refractivity contribution in [1.29, 1.82) is 0 Å². The van der Waals surface area contributed by atoms with Gasteiger partial charge in [0.15, 0.2) is 5.13 Å². The standard InChI is InChI=1S/C20H21N5OS/c26-19(22-13-15-8-10-21-11-9-15)24-20-23-17(14-27-20)18-7-4-12-25(18)16-5-2-1-3-6-16/h1-3,5-6,8-11,14,18H,4,7,12-13H2,(H2,22,23,24,26). The van der Waals surface area contributed by atoms with Gasteiger partial charge in [-0.25, -0.2) is 9.78 Å². The summed E-state index contributed by atoms with van der Waals surface area (Å²) in [5.41, 5.74) is 3.24. The summed E-state index contributed by atoms with van der Waals surface area (Å²) >= 11 is 1.46. The number of rotatable bonds is 5. The lowest BCUT2D eigenvalue weighted by molar-refractivity contribution is 0.251. The lowest BCUT2D eigenvalue weighted by atomic mass is 10.1. The van der Waals surface area contributed by atoms with Crippen molar-refractivity contribution in [2.75, 3.05) is 16.8 Å². The summed E-state index contributed by atoms with van der Waals surface area (Å²) in [6.45, 7) is 1.48. The second-order valence-electron chi connectivity index (χ2n) is 6.43. The third-order valence-corrected chi connectivity index (χ3v) is 5.40. The highest BCUT2D eigenvalue weighted by Crippen LogP contribution is 2.36. The van der Waals surface area contributed by atoms with E-state index in [2.05, 4.69) is 49.8 Å². The van der Waals surface area contributed by atoms with Gasteiger partial charge in [-0.05, 0) is 42.7 Å². The van der Waals surface area contributed by atoms with E-state index in [0.29, 0.717) is 11.7 Å². The van der Waals surface area contributed by atoms with Crippen LogP contribution in [0.3, 0.4) is 0 Å². The molecule has 2 aromatic heterocycles. The molecule has 3 heterocycles. The van der Waals surface area contributed by atoms with Crippen LogP contribution in [0.5, 0.6) is 0 Å². The minimum absolute atomic E-state index is 0.251. The number of aromatic nitrogens is 2. The molecule has 0 aliphatic carbocycles. The molecule has 0 spiro atoms. The first-order valence-electron chi connectivity index (χ1n) is 9.00. The van der Waals surface area contributed by atoms with Gasteiger partial charge in [-0.3, -0.25) is 10.3 Å². The van der Waals surface area contributed by atoms with E-state index in [0.717, 1.165) is 30.6 Å². The molecule has 2 N–H and O–H groups in total. The Bertz CT molecular complexity index is 884. The van der Waals surface area contributed by atoms with Crippen LogP contribution in [0.25, 0.3) is 0 Å². The summed E-state index contributed by atoms with van der Waals surface area (Å²) in [6, 6.07) is 14.2. The van der Waals surface area contributed by atoms with Gasteiger partial charge in [0.25, 0.3) is 0 Å². The van der Waals surface area contributed by atoms with Crippen molar-refractivity contribution in [3.05, 3.63) is 71.5 Å². The maximum atomic E-state index is 12.1. The number of carbonyl (C=O) groups is 1. The highest BCUT2D eigenvalue weighted by Gasteiger charge is 2.28. The van der Waals surface area contributed by atoms with E-state index >= 15 is 0 Å². The molecule has 0 radical (unpaired) electrons. The lowest BCUT2D eigenvalue weighted by Crippen LogP contribution is -2.28. The van der Waals surface area contributed by atoms with Gasteiger partial charge in [0.2, 0.25) is 0 Å². The van der Waals surface area contributed by atoms with Crippen LogP contribution in [0.1, 0.15) is 30.1 Å². The number of urea groups is 1. The minimum Gasteiger partial charge on any atom is -0.363 e. The first kappa shape index (κ1) is 17.5. The van der Waals surface area contributed by atoms with E-state index in [1.807, 2.05) is 23.6 Å². The first-order valence-corrected chi connectivity index (χ1v) is 9.88. The summed E-state index contributed by atoms with van der Waals surface area (Å²) in [5, 5.41) is 8.34. The van der Waals surface area contributed by atoms with Crippen molar-refractivity contribution < 1.29 is 4.79 Å². The van der Waals surface area contributed by atoms with E-state index < -0.39 is 0 Å². The molecule has 2 amide bonds. The van der Waals surface area contributed by atoms with Crippen LogP contribution in [-0.4, -0.2) is 22.5 Å². The normalized spacial score (nSPS) is 16.3. The maximum absolute atomic E-state index is 12.1. The molecule has 3 aromatic rings. The van der Waals surface area contributed by atoms with Gasteiger partial charge >= 0.3 is 6.03 Å². The van der Waals surface area contributed by atoms with Crippen LogP contribution in [0.4, 0.5) is 15.6 Å². The van der Waals surface area contributed by atoms with Gasteiger partial charge in [0.05, 0.1) is 11.7 Å². The second kappa shape index (κ2) is 8.18. The molecular formula is C20H21N5OS. The monoisotopic (exact) mass is 379 g/mol. The average Bonchev–Trinajstić information content (AvgIpc) is 3.37. The number of hydrogen-bond acceptors (Lipinski definition) is 5. The number of hydrogen-bond donors (Lipinski definition) is 2. The fourth-order valence-corrected chi connectivity index (χ4v) is 4.08. The van der Waals surface area contributed by atoms with E-state index in [1.165, 1.54) is 17.0 Å². The predicted octanol–water partition coefficient (Wildman–Crippen LogP) is 4.20. The van der Waals surface area contributed by atoms with Crippen molar-refractivity contribution in [1.82, 2.24) is 15.3 Å². The topological polar surface area (TPSA) is 70.1 Å². The molecule has 1 unspecified atom stereocenters. The van der Waals surface area contributed by atoms with E-state index in [-0.39, 0.29) is 12.1 Å². The van der Waals surface area contributed by atoms with Crippen LogP contribution >= 0.6 is 11.3 Å². The van der Waals surface area contributed by atoms with Gasteiger partial charge in [0.1, 0.15) is 0 Å². The molecule has 1 aromatic carbocycles. The van der Waals surface area contributed by atoms with Crippen LogP contribution in [0.15, 0.2) is 60.2 Å². The number of benzene rings is 1. The Kier molecular flexibility index (Phi) is 5.29.